The van der Waals surface area contributed by atoms with E-state index >= 15 is 0 Å². The number of likely N-dealkylation sites (N-methyl/N-ethyl adjacent to an activating group) is 1. The van der Waals surface area contributed by atoms with Gasteiger partial charge in [0.25, 0.3) is 5.56 Å². The highest BCUT2D eigenvalue weighted by Crippen LogP contribution is 2.32. The van der Waals surface area contributed by atoms with E-state index in [1.807, 2.05) is 13.1 Å². The molecule has 0 spiro atoms. The maximum Gasteiger partial charge on any atom is 0.416 e. The molecule has 32 heavy (non-hydrogen) atoms. The van der Waals surface area contributed by atoms with Gasteiger partial charge in [-0.05, 0) is 57.1 Å². The van der Waals surface area contributed by atoms with Gasteiger partial charge < -0.3 is 10.2 Å². The van der Waals surface area contributed by atoms with E-state index in [-0.39, 0.29) is 11.5 Å². The molecular weight excluding hydrogens is 419 g/mol. The van der Waals surface area contributed by atoms with Crippen molar-refractivity contribution in [3.05, 3.63) is 63.7 Å². The van der Waals surface area contributed by atoms with Gasteiger partial charge in [0.15, 0.2) is 0 Å². The maximum absolute atomic E-state index is 13.1. The molecule has 0 saturated carbocycles. The first kappa shape index (κ1) is 22.3. The summed E-state index contributed by atoms with van der Waals surface area (Å²) in [6.45, 7) is 3.59. The molecule has 0 amide bonds. The van der Waals surface area contributed by atoms with E-state index in [0.29, 0.717) is 22.4 Å². The van der Waals surface area contributed by atoms with Gasteiger partial charge in [0.05, 0.1) is 10.9 Å². The summed E-state index contributed by atoms with van der Waals surface area (Å²) in [5, 5.41) is 3.90. The minimum absolute atomic E-state index is 0.0756. The number of piperidine rings is 1. The molecule has 1 saturated heterocycles. The van der Waals surface area contributed by atoms with Gasteiger partial charge in [-0.2, -0.15) is 13.2 Å². The fraction of sp³-hybridized carbons (Fsp3) is 0.435. The minimum atomic E-state index is -4.41. The Morgan fingerprint density at radius 2 is 1.97 bits per heavy atom. The highest BCUT2D eigenvalue weighted by atomic mass is 19.4. The Hall–Kier alpha value is -2.94. The zero-order valence-corrected chi connectivity index (χ0v) is 18.3. The molecule has 1 unspecified atom stereocenters. The average molecular weight is 445 g/mol. The lowest BCUT2D eigenvalue weighted by Gasteiger charge is -2.30. The predicted octanol–water partition coefficient (Wildman–Crippen LogP) is 4.33. The number of rotatable bonds is 4. The third-order valence-corrected chi connectivity index (χ3v) is 6.16. The molecule has 3 aromatic rings. The summed E-state index contributed by atoms with van der Waals surface area (Å²) in [5.41, 5.74) is 0.925. The standard InChI is InChI=1S/C23H26F3N5O/c1-14(15-6-4-8-17(10-15)23(24,25)26)29-20-19-11-18(16-7-5-9-30(2)12-16)22(32)31(3)21(19)28-13-27-20/h4,6,8,10-11,13-14,16H,5,7,9,12H2,1-3H3,(H,27,28,29)/t14-,16?/m1/s1. The molecule has 1 fully saturated rings. The van der Waals surface area contributed by atoms with Crippen LogP contribution in [0.25, 0.3) is 11.0 Å². The number of aryl methyl sites for hydroxylation is 1. The van der Waals surface area contributed by atoms with E-state index in [1.54, 1.807) is 20.0 Å². The summed E-state index contributed by atoms with van der Waals surface area (Å²) in [4.78, 5) is 23.9. The zero-order chi connectivity index (χ0) is 23.0. The average Bonchev–Trinajstić information content (AvgIpc) is 2.76. The number of hydrogen-bond acceptors (Lipinski definition) is 5. The van der Waals surface area contributed by atoms with Crippen molar-refractivity contribution in [2.45, 2.75) is 37.9 Å². The van der Waals surface area contributed by atoms with Crippen molar-refractivity contribution < 1.29 is 13.2 Å². The number of anilines is 1. The molecule has 0 aliphatic carbocycles. The van der Waals surface area contributed by atoms with Crippen LogP contribution in [-0.4, -0.2) is 39.6 Å². The van der Waals surface area contributed by atoms with Crippen molar-refractivity contribution in [3.63, 3.8) is 0 Å². The quantitative estimate of drug-likeness (QED) is 0.648. The summed E-state index contributed by atoms with van der Waals surface area (Å²) in [7, 11) is 3.73. The number of hydrogen-bond donors (Lipinski definition) is 1. The van der Waals surface area contributed by atoms with E-state index in [1.165, 1.54) is 17.0 Å². The van der Waals surface area contributed by atoms with Crippen LogP contribution in [0, 0.1) is 0 Å². The lowest BCUT2D eigenvalue weighted by Crippen LogP contribution is -2.34. The third kappa shape index (κ3) is 4.34. The molecule has 6 nitrogen and oxygen atoms in total. The summed E-state index contributed by atoms with van der Waals surface area (Å²) < 4.78 is 40.9. The van der Waals surface area contributed by atoms with Crippen molar-refractivity contribution in [2.24, 2.45) is 7.05 Å². The lowest BCUT2D eigenvalue weighted by atomic mass is 9.91. The second-order valence-electron chi connectivity index (χ2n) is 8.51. The Morgan fingerprint density at radius 1 is 1.19 bits per heavy atom. The number of aromatic nitrogens is 3. The largest absolute Gasteiger partial charge is 0.416 e. The van der Waals surface area contributed by atoms with Gasteiger partial charge in [0, 0.05) is 31.1 Å². The van der Waals surface area contributed by atoms with Crippen molar-refractivity contribution in [1.82, 2.24) is 19.4 Å². The monoisotopic (exact) mass is 445 g/mol. The van der Waals surface area contributed by atoms with Gasteiger partial charge in [0.1, 0.15) is 17.8 Å². The lowest BCUT2D eigenvalue weighted by molar-refractivity contribution is -0.137. The first-order valence-corrected chi connectivity index (χ1v) is 10.6. The minimum Gasteiger partial charge on any atom is -0.363 e. The topological polar surface area (TPSA) is 63.1 Å². The van der Waals surface area contributed by atoms with Crippen LogP contribution in [0.15, 0.2) is 41.5 Å². The van der Waals surface area contributed by atoms with Crippen LogP contribution in [0.4, 0.5) is 19.0 Å². The van der Waals surface area contributed by atoms with Gasteiger partial charge in [-0.1, -0.05) is 12.1 Å². The highest BCUT2D eigenvalue weighted by Gasteiger charge is 2.31. The number of pyridine rings is 1. The van der Waals surface area contributed by atoms with Crippen molar-refractivity contribution in [2.75, 3.05) is 25.5 Å². The third-order valence-electron chi connectivity index (χ3n) is 6.16. The Morgan fingerprint density at radius 3 is 2.69 bits per heavy atom. The molecule has 1 aliphatic rings. The van der Waals surface area contributed by atoms with Crippen LogP contribution in [0.2, 0.25) is 0 Å². The van der Waals surface area contributed by atoms with E-state index in [2.05, 4.69) is 20.2 Å². The number of nitrogens with one attached hydrogen (secondary N) is 1. The smallest absolute Gasteiger partial charge is 0.363 e. The second kappa shape index (κ2) is 8.54. The van der Waals surface area contributed by atoms with Crippen LogP contribution >= 0.6 is 0 Å². The first-order valence-electron chi connectivity index (χ1n) is 10.6. The van der Waals surface area contributed by atoms with Gasteiger partial charge >= 0.3 is 6.18 Å². The van der Waals surface area contributed by atoms with Crippen molar-refractivity contribution in [3.8, 4) is 0 Å². The summed E-state index contributed by atoms with van der Waals surface area (Å²) in [6.07, 6.45) is -1.10. The predicted molar refractivity (Wildman–Crippen MR) is 118 cm³/mol. The molecule has 9 heteroatoms. The normalized spacial score (nSPS) is 18.6. The second-order valence-corrected chi connectivity index (χ2v) is 8.51. The Labute approximate surface area is 184 Å². The number of fused-ring (bicyclic) bond motifs is 1. The molecule has 2 aromatic heterocycles. The number of alkyl halides is 3. The molecule has 1 aromatic carbocycles. The van der Waals surface area contributed by atoms with Crippen molar-refractivity contribution in [1.29, 1.82) is 0 Å². The van der Waals surface area contributed by atoms with E-state index < -0.39 is 17.8 Å². The van der Waals surface area contributed by atoms with E-state index in [4.69, 9.17) is 0 Å². The summed E-state index contributed by atoms with van der Waals surface area (Å²) >= 11 is 0. The van der Waals surface area contributed by atoms with Gasteiger partial charge in [-0.25, -0.2) is 9.97 Å². The van der Waals surface area contributed by atoms with Crippen LogP contribution in [0.3, 0.4) is 0 Å². The first-order chi connectivity index (χ1) is 15.1. The van der Waals surface area contributed by atoms with Gasteiger partial charge in [-0.3, -0.25) is 9.36 Å². The molecular formula is C23H26F3N5O. The number of nitrogens with zero attached hydrogens (tertiary/aromatic N) is 4. The molecule has 1 N–H and O–H groups in total. The Bertz CT molecular complexity index is 1190. The molecule has 4 rings (SSSR count). The fourth-order valence-electron chi connectivity index (χ4n) is 4.39. The summed E-state index contributed by atoms with van der Waals surface area (Å²) in [6, 6.07) is 6.66. The summed E-state index contributed by atoms with van der Waals surface area (Å²) in [5.74, 6) is 0.603. The molecule has 3 heterocycles. The Balaban J connectivity index is 1.72. The van der Waals surface area contributed by atoms with Crippen LogP contribution in [0.1, 0.15) is 48.4 Å². The molecule has 0 radical (unpaired) electrons. The van der Waals surface area contributed by atoms with Crippen LogP contribution in [0.5, 0.6) is 0 Å². The molecule has 1 aliphatic heterocycles. The number of halogens is 3. The van der Waals surface area contributed by atoms with Gasteiger partial charge in [-0.15, -0.1) is 0 Å². The Kier molecular flexibility index (Phi) is 5.94. The maximum atomic E-state index is 13.1. The van der Waals surface area contributed by atoms with E-state index in [9.17, 15) is 18.0 Å². The molecule has 2 atom stereocenters. The zero-order valence-electron chi connectivity index (χ0n) is 18.3. The number of likely N-dealkylation sites (tertiary alicyclic amines) is 1. The molecule has 170 valence electrons. The SMILES string of the molecule is C[C@@H](Nc1ncnc2c1cc(C1CCCN(C)C1)c(=O)n2C)c1cccc(C(F)(F)F)c1. The van der Waals surface area contributed by atoms with Crippen LogP contribution in [-0.2, 0) is 13.2 Å². The molecule has 0 bridgehead atoms. The van der Waals surface area contributed by atoms with Crippen molar-refractivity contribution >= 4 is 16.9 Å². The fourth-order valence-corrected chi connectivity index (χ4v) is 4.39. The van der Waals surface area contributed by atoms with E-state index in [0.717, 1.165) is 43.6 Å². The van der Waals surface area contributed by atoms with Gasteiger partial charge in [0.2, 0.25) is 0 Å². The highest BCUT2D eigenvalue weighted by molar-refractivity contribution is 5.87. The van der Waals surface area contributed by atoms with Crippen LogP contribution < -0.4 is 10.9 Å². The number of benzene rings is 1.